The summed E-state index contributed by atoms with van der Waals surface area (Å²) in [6.45, 7) is 4.26. The van der Waals surface area contributed by atoms with E-state index in [-0.39, 0.29) is 10.6 Å². The standard InChI is InChI=1S/C13H14BrN3O3S/c1-3-17-7-11(14)13(18)12(8-17)16-21(19,20)10-5-4-9(2)15-6-10/h4-8,16H,3H2,1-2H3. The highest BCUT2D eigenvalue weighted by molar-refractivity contribution is 9.10. The van der Waals surface area contributed by atoms with Crippen molar-refractivity contribution in [1.29, 1.82) is 0 Å². The maximum Gasteiger partial charge on any atom is 0.263 e. The molecule has 0 fully saturated rings. The molecule has 2 aromatic rings. The molecule has 112 valence electrons. The van der Waals surface area contributed by atoms with Crippen LogP contribution in [0.5, 0.6) is 0 Å². The Hall–Kier alpha value is -1.67. The van der Waals surface area contributed by atoms with Crippen molar-refractivity contribution in [2.75, 3.05) is 4.72 Å². The van der Waals surface area contributed by atoms with E-state index in [1.165, 1.54) is 18.5 Å². The average Bonchev–Trinajstić information content (AvgIpc) is 2.43. The number of halogens is 1. The minimum atomic E-state index is -3.84. The fourth-order valence-electron chi connectivity index (χ4n) is 1.67. The molecule has 2 rings (SSSR count). The second kappa shape index (κ2) is 5.98. The van der Waals surface area contributed by atoms with Crippen LogP contribution in [0, 0.1) is 6.92 Å². The molecule has 0 aliphatic carbocycles. The number of sulfonamides is 1. The largest absolute Gasteiger partial charge is 0.351 e. The lowest BCUT2D eigenvalue weighted by Gasteiger charge is -2.10. The lowest BCUT2D eigenvalue weighted by atomic mass is 10.4. The van der Waals surface area contributed by atoms with Gasteiger partial charge >= 0.3 is 0 Å². The number of anilines is 1. The van der Waals surface area contributed by atoms with Crippen molar-refractivity contribution in [2.24, 2.45) is 0 Å². The molecule has 21 heavy (non-hydrogen) atoms. The van der Waals surface area contributed by atoms with Gasteiger partial charge in [-0.3, -0.25) is 14.5 Å². The fraction of sp³-hybridized carbons (Fsp3) is 0.231. The van der Waals surface area contributed by atoms with Crippen molar-refractivity contribution in [3.05, 3.63) is 51.1 Å². The van der Waals surface area contributed by atoms with E-state index in [2.05, 4.69) is 25.6 Å². The molecule has 0 spiro atoms. The van der Waals surface area contributed by atoms with Crippen LogP contribution in [0.1, 0.15) is 12.6 Å². The van der Waals surface area contributed by atoms with Crippen LogP contribution in [0.15, 0.2) is 44.9 Å². The van der Waals surface area contributed by atoms with Gasteiger partial charge in [0.25, 0.3) is 10.0 Å². The van der Waals surface area contributed by atoms with Crippen LogP contribution in [0.2, 0.25) is 0 Å². The van der Waals surface area contributed by atoms with Crippen LogP contribution in [0.25, 0.3) is 0 Å². The number of aryl methyl sites for hydroxylation is 2. The number of aromatic nitrogens is 2. The van der Waals surface area contributed by atoms with Gasteiger partial charge in [-0.25, -0.2) is 8.42 Å². The fourth-order valence-corrected chi connectivity index (χ4v) is 3.13. The van der Waals surface area contributed by atoms with E-state index in [9.17, 15) is 13.2 Å². The van der Waals surface area contributed by atoms with Crippen molar-refractivity contribution in [1.82, 2.24) is 9.55 Å². The van der Waals surface area contributed by atoms with Gasteiger partial charge in [0, 0.05) is 30.8 Å². The summed E-state index contributed by atoms with van der Waals surface area (Å²) in [6, 6.07) is 3.04. The van der Waals surface area contributed by atoms with Crippen LogP contribution >= 0.6 is 15.9 Å². The molecular formula is C13H14BrN3O3S. The van der Waals surface area contributed by atoms with Crippen molar-refractivity contribution >= 4 is 31.6 Å². The minimum Gasteiger partial charge on any atom is -0.351 e. The first kappa shape index (κ1) is 15.7. The minimum absolute atomic E-state index is 0.00759. The second-order valence-electron chi connectivity index (χ2n) is 4.42. The molecule has 0 aliphatic heterocycles. The Bertz CT molecular complexity index is 814. The predicted octanol–water partition coefficient (Wildman–Crippen LogP) is 2.13. The Kier molecular flexibility index (Phi) is 4.48. The molecule has 8 heteroatoms. The summed E-state index contributed by atoms with van der Waals surface area (Å²) < 4.78 is 28.8. The topological polar surface area (TPSA) is 81.1 Å². The lowest BCUT2D eigenvalue weighted by Crippen LogP contribution is -2.21. The van der Waals surface area contributed by atoms with Crippen LogP contribution in [0.4, 0.5) is 5.69 Å². The van der Waals surface area contributed by atoms with E-state index >= 15 is 0 Å². The first-order chi connectivity index (χ1) is 9.83. The molecule has 0 radical (unpaired) electrons. The second-order valence-corrected chi connectivity index (χ2v) is 6.96. The number of nitrogens with zero attached hydrogens (tertiary/aromatic N) is 2. The summed E-state index contributed by atoms with van der Waals surface area (Å²) in [6.07, 6.45) is 4.33. The molecular weight excluding hydrogens is 358 g/mol. The van der Waals surface area contributed by atoms with Gasteiger partial charge in [-0.15, -0.1) is 0 Å². The van der Waals surface area contributed by atoms with Crippen LogP contribution in [-0.2, 0) is 16.6 Å². The summed E-state index contributed by atoms with van der Waals surface area (Å²) in [4.78, 5) is 16.0. The zero-order chi connectivity index (χ0) is 15.6. The van der Waals surface area contributed by atoms with E-state index in [0.717, 1.165) is 0 Å². The highest BCUT2D eigenvalue weighted by Crippen LogP contribution is 2.15. The molecule has 0 saturated heterocycles. The van der Waals surface area contributed by atoms with Gasteiger partial charge < -0.3 is 4.57 Å². The highest BCUT2D eigenvalue weighted by Gasteiger charge is 2.17. The Balaban J connectivity index is 2.43. The lowest BCUT2D eigenvalue weighted by molar-refractivity contribution is 0.600. The number of pyridine rings is 2. The molecule has 2 aromatic heterocycles. The van der Waals surface area contributed by atoms with Gasteiger partial charge in [0.15, 0.2) is 0 Å². The Morgan fingerprint density at radius 3 is 2.62 bits per heavy atom. The molecule has 2 heterocycles. The molecule has 6 nitrogen and oxygen atoms in total. The molecule has 0 unspecified atom stereocenters. The third-order valence-electron chi connectivity index (χ3n) is 2.84. The zero-order valence-corrected chi connectivity index (χ0v) is 13.9. The average molecular weight is 372 g/mol. The maximum absolute atomic E-state index is 12.3. The molecule has 0 aromatic carbocycles. The molecule has 0 aliphatic rings. The van der Waals surface area contributed by atoms with Crippen LogP contribution < -0.4 is 10.2 Å². The maximum atomic E-state index is 12.3. The zero-order valence-electron chi connectivity index (χ0n) is 11.5. The number of nitrogens with one attached hydrogen (secondary N) is 1. The smallest absolute Gasteiger partial charge is 0.263 e. The summed E-state index contributed by atoms with van der Waals surface area (Å²) in [7, 11) is -3.84. The number of hydrogen-bond acceptors (Lipinski definition) is 4. The van der Waals surface area contributed by atoms with E-state index in [1.807, 2.05) is 6.92 Å². The predicted molar refractivity (Wildman–Crippen MR) is 83.9 cm³/mol. The monoisotopic (exact) mass is 371 g/mol. The van der Waals surface area contributed by atoms with E-state index in [4.69, 9.17) is 0 Å². The molecule has 0 saturated carbocycles. The van der Waals surface area contributed by atoms with Crippen molar-refractivity contribution < 1.29 is 8.42 Å². The third-order valence-corrected chi connectivity index (χ3v) is 4.76. The van der Waals surface area contributed by atoms with Crippen LogP contribution in [0.3, 0.4) is 0 Å². The van der Waals surface area contributed by atoms with Gasteiger partial charge in [-0.1, -0.05) is 0 Å². The van der Waals surface area contributed by atoms with Gasteiger partial charge in [-0.05, 0) is 41.9 Å². The quantitative estimate of drug-likeness (QED) is 0.892. The van der Waals surface area contributed by atoms with Gasteiger partial charge in [0.1, 0.15) is 10.6 Å². The Morgan fingerprint density at radius 1 is 1.33 bits per heavy atom. The Labute approximate surface area is 131 Å². The highest BCUT2D eigenvalue weighted by atomic mass is 79.9. The Morgan fingerprint density at radius 2 is 2.05 bits per heavy atom. The SMILES string of the molecule is CCn1cc(Br)c(=O)c(NS(=O)(=O)c2ccc(C)nc2)c1. The van der Waals surface area contributed by atoms with Gasteiger partial charge in [0.05, 0.1) is 4.47 Å². The van der Waals surface area contributed by atoms with E-state index in [1.54, 1.807) is 23.8 Å². The summed E-state index contributed by atoms with van der Waals surface area (Å²) in [5, 5.41) is 0. The molecule has 0 amide bonds. The van der Waals surface area contributed by atoms with Gasteiger partial charge in [0.2, 0.25) is 5.43 Å². The molecule has 0 atom stereocenters. The summed E-state index contributed by atoms with van der Waals surface area (Å²) in [5.74, 6) is 0. The van der Waals surface area contributed by atoms with E-state index < -0.39 is 15.5 Å². The van der Waals surface area contributed by atoms with Crippen LogP contribution in [-0.4, -0.2) is 18.0 Å². The number of hydrogen-bond donors (Lipinski definition) is 1. The summed E-state index contributed by atoms with van der Waals surface area (Å²) >= 11 is 3.13. The third kappa shape index (κ3) is 3.51. The van der Waals surface area contributed by atoms with Crippen molar-refractivity contribution in [3.8, 4) is 0 Å². The first-order valence-electron chi connectivity index (χ1n) is 6.18. The van der Waals surface area contributed by atoms with Gasteiger partial charge in [-0.2, -0.15) is 0 Å². The first-order valence-corrected chi connectivity index (χ1v) is 8.46. The summed E-state index contributed by atoms with van der Waals surface area (Å²) in [5.41, 5.74) is 0.292. The van der Waals surface area contributed by atoms with Crippen molar-refractivity contribution in [3.63, 3.8) is 0 Å². The van der Waals surface area contributed by atoms with Crippen molar-refractivity contribution in [2.45, 2.75) is 25.3 Å². The van der Waals surface area contributed by atoms with E-state index in [0.29, 0.717) is 16.7 Å². The normalized spacial score (nSPS) is 11.4. The number of rotatable bonds is 4. The molecule has 0 bridgehead atoms. The molecule has 1 N–H and O–H groups in total.